The highest BCUT2D eigenvalue weighted by atomic mass is 35.5. The molecule has 0 radical (unpaired) electrons. The number of anilines is 1. The monoisotopic (exact) mass is 255 g/mol. The molecule has 0 bridgehead atoms. The molecule has 1 heterocycles. The van der Waals surface area contributed by atoms with E-state index in [1.54, 1.807) is 14.0 Å². The highest BCUT2D eigenvalue weighted by Crippen LogP contribution is 2.38. The first kappa shape index (κ1) is 11.7. The first-order valence-electron chi connectivity index (χ1n) is 4.89. The van der Waals surface area contributed by atoms with Gasteiger partial charge in [-0.15, -0.1) is 0 Å². The fourth-order valence-electron chi connectivity index (χ4n) is 1.60. The predicted molar refractivity (Wildman–Crippen MR) is 64.4 cm³/mol. The lowest BCUT2D eigenvalue weighted by atomic mass is 10.0. The predicted octanol–water partition coefficient (Wildman–Crippen LogP) is 2.48. The van der Waals surface area contributed by atoms with Gasteiger partial charge in [0.1, 0.15) is 5.82 Å². The van der Waals surface area contributed by atoms with Crippen LogP contribution in [0.1, 0.15) is 5.56 Å². The van der Waals surface area contributed by atoms with Crippen molar-refractivity contribution in [2.24, 2.45) is 7.05 Å². The van der Waals surface area contributed by atoms with Crippen LogP contribution in [0.5, 0.6) is 5.75 Å². The average molecular weight is 256 g/mol. The number of aromatic hydroxyl groups is 1. The third kappa shape index (κ3) is 1.72. The van der Waals surface area contributed by atoms with Crippen LogP contribution >= 0.6 is 11.6 Å². The number of aryl methyl sites for hydroxylation is 2. The molecular weight excluding hydrogens is 245 g/mol. The van der Waals surface area contributed by atoms with Crippen LogP contribution in [0.2, 0.25) is 5.02 Å². The van der Waals surface area contributed by atoms with Crippen LogP contribution in [0.4, 0.5) is 10.2 Å². The Balaban J connectivity index is 2.73. The number of phenolic OH excluding ortho intramolecular Hbond substituents is 1. The minimum atomic E-state index is -0.791. The van der Waals surface area contributed by atoms with Gasteiger partial charge in [-0.25, -0.2) is 4.39 Å². The highest BCUT2D eigenvalue weighted by Gasteiger charge is 2.18. The van der Waals surface area contributed by atoms with Gasteiger partial charge in [-0.3, -0.25) is 4.68 Å². The second kappa shape index (κ2) is 3.92. The zero-order valence-corrected chi connectivity index (χ0v) is 10.1. The summed E-state index contributed by atoms with van der Waals surface area (Å²) in [5, 5.41) is 13.5. The number of nitrogens with two attached hydrogens (primary N) is 1. The number of halogens is 2. The number of nitrogen functional groups attached to an aromatic ring is 1. The van der Waals surface area contributed by atoms with Gasteiger partial charge in [0.2, 0.25) is 0 Å². The largest absolute Gasteiger partial charge is 0.504 e. The quantitative estimate of drug-likeness (QED) is 0.823. The standard InChI is InChI=1S/C11H11ClFN3O/c1-5-3-6(9(13)10(17)8(5)12)7-4-15-16(2)11(7)14/h3-4,17H,14H2,1-2H3. The van der Waals surface area contributed by atoms with Crippen LogP contribution in [0.3, 0.4) is 0 Å². The van der Waals surface area contributed by atoms with Crippen molar-refractivity contribution in [3.05, 3.63) is 28.7 Å². The first-order valence-corrected chi connectivity index (χ1v) is 5.26. The highest BCUT2D eigenvalue weighted by molar-refractivity contribution is 6.32. The van der Waals surface area contributed by atoms with Crippen molar-refractivity contribution in [2.75, 3.05) is 5.73 Å². The second-order valence-corrected chi connectivity index (χ2v) is 4.16. The molecule has 2 aromatic rings. The van der Waals surface area contributed by atoms with Gasteiger partial charge in [-0.1, -0.05) is 11.6 Å². The molecule has 0 saturated carbocycles. The summed E-state index contributed by atoms with van der Waals surface area (Å²) in [6.07, 6.45) is 1.44. The van der Waals surface area contributed by atoms with Gasteiger partial charge in [0, 0.05) is 18.2 Å². The molecule has 0 spiro atoms. The number of rotatable bonds is 1. The molecule has 17 heavy (non-hydrogen) atoms. The Kier molecular flexibility index (Phi) is 2.71. The summed E-state index contributed by atoms with van der Waals surface area (Å²) >= 11 is 5.75. The van der Waals surface area contributed by atoms with Crippen molar-refractivity contribution in [3.8, 4) is 16.9 Å². The molecule has 90 valence electrons. The second-order valence-electron chi connectivity index (χ2n) is 3.78. The van der Waals surface area contributed by atoms with Crippen molar-refractivity contribution in [1.82, 2.24) is 9.78 Å². The molecule has 3 N–H and O–H groups in total. The van der Waals surface area contributed by atoms with Crippen LogP contribution in [-0.2, 0) is 7.05 Å². The zero-order valence-electron chi connectivity index (χ0n) is 9.33. The Morgan fingerprint density at radius 1 is 1.47 bits per heavy atom. The Morgan fingerprint density at radius 3 is 2.65 bits per heavy atom. The lowest BCUT2D eigenvalue weighted by Gasteiger charge is -2.08. The molecule has 0 aliphatic rings. The van der Waals surface area contributed by atoms with Crippen molar-refractivity contribution in [3.63, 3.8) is 0 Å². The first-order chi connectivity index (χ1) is 7.93. The van der Waals surface area contributed by atoms with E-state index < -0.39 is 11.6 Å². The normalized spacial score (nSPS) is 10.8. The fraction of sp³-hybridized carbons (Fsp3) is 0.182. The molecule has 0 atom stereocenters. The van der Waals surface area contributed by atoms with E-state index in [0.29, 0.717) is 16.9 Å². The van der Waals surface area contributed by atoms with Crippen molar-refractivity contribution in [1.29, 1.82) is 0 Å². The summed E-state index contributed by atoms with van der Waals surface area (Å²) in [5.74, 6) is -1.03. The molecule has 6 heteroatoms. The molecule has 1 aromatic heterocycles. The van der Waals surface area contributed by atoms with Crippen LogP contribution in [0.15, 0.2) is 12.3 Å². The Morgan fingerprint density at radius 2 is 2.12 bits per heavy atom. The molecule has 0 unspecified atom stereocenters. The lowest BCUT2D eigenvalue weighted by molar-refractivity contribution is 0.433. The van der Waals surface area contributed by atoms with E-state index in [1.807, 2.05) is 0 Å². The number of nitrogens with zero attached hydrogens (tertiary/aromatic N) is 2. The van der Waals surface area contributed by atoms with Crippen LogP contribution in [-0.4, -0.2) is 14.9 Å². The molecule has 0 amide bonds. The number of benzene rings is 1. The van der Waals surface area contributed by atoms with Gasteiger partial charge in [-0.05, 0) is 18.6 Å². The van der Waals surface area contributed by atoms with Gasteiger partial charge in [-0.2, -0.15) is 5.10 Å². The Bertz CT molecular complexity index is 595. The van der Waals surface area contributed by atoms with E-state index in [1.165, 1.54) is 16.9 Å². The van der Waals surface area contributed by atoms with Gasteiger partial charge in [0.15, 0.2) is 11.6 Å². The molecule has 0 aliphatic heterocycles. The van der Waals surface area contributed by atoms with Crippen molar-refractivity contribution < 1.29 is 9.50 Å². The number of phenols is 1. The summed E-state index contributed by atoms with van der Waals surface area (Å²) in [6.45, 7) is 1.68. The minimum absolute atomic E-state index is 0.00807. The van der Waals surface area contributed by atoms with Crippen LogP contribution < -0.4 is 5.73 Å². The zero-order chi connectivity index (χ0) is 12.7. The van der Waals surface area contributed by atoms with Gasteiger partial charge < -0.3 is 10.8 Å². The smallest absolute Gasteiger partial charge is 0.174 e. The number of hydrogen-bond acceptors (Lipinski definition) is 3. The lowest BCUT2D eigenvalue weighted by Crippen LogP contribution is -1.99. The fourth-order valence-corrected chi connectivity index (χ4v) is 1.74. The van der Waals surface area contributed by atoms with E-state index in [-0.39, 0.29) is 10.6 Å². The number of aromatic nitrogens is 2. The molecule has 2 rings (SSSR count). The molecular formula is C11H11ClFN3O. The molecule has 0 fully saturated rings. The van der Waals surface area contributed by atoms with Crippen LogP contribution in [0.25, 0.3) is 11.1 Å². The van der Waals surface area contributed by atoms with E-state index >= 15 is 0 Å². The van der Waals surface area contributed by atoms with Crippen molar-refractivity contribution in [2.45, 2.75) is 6.92 Å². The maximum absolute atomic E-state index is 13.9. The maximum Gasteiger partial charge on any atom is 0.174 e. The van der Waals surface area contributed by atoms with Crippen LogP contribution in [0, 0.1) is 12.7 Å². The molecule has 0 aliphatic carbocycles. The number of hydrogen-bond donors (Lipinski definition) is 2. The van der Waals surface area contributed by atoms with E-state index in [4.69, 9.17) is 17.3 Å². The summed E-state index contributed by atoms with van der Waals surface area (Å²) in [6, 6.07) is 1.53. The average Bonchev–Trinajstić information content (AvgIpc) is 2.62. The molecule has 1 aromatic carbocycles. The Hall–Kier alpha value is -1.75. The van der Waals surface area contributed by atoms with E-state index in [0.717, 1.165) is 0 Å². The molecule has 4 nitrogen and oxygen atoms in total. The summed E-state index contributed by atoms with van der Waals surface area (Å²) < 4.78 is 15.3. The molecule has 0 saturated heterocycles. The minimum Gasteiger partial charge on any atom is -0.504 e. The van der Waals surface area contributed by atoms with Gasteiger partial charge >= 0.3 is 0 Å². The topological polar surface area (TPSA) is 64.1 Å². The summed E-state index contributed by atoms with van der Waals surface area (Å²) in [4.78, 5) is 0. The summed E-state index contributed by atoms with van der Waals surface area (Å²) in [7, 11) is 1.65. The van der Waals surface area contributed by atoms with Gasteiger partial charge in [0.05, 0.1) is 11.2 Å². The van der Waals surface area contributed by atoms with Crippen molar-refractivity contribution >= 4 is 17.4 Å². The third-order valence-corrected chi connectivity index (χ3v) is 3.11. The SMILES string of the molecule is Cc1cc(-c2cnn(C)c2N)c(F)c(O)c1Cl. The summed E-state index contributed by atoms with van der Waals surface area (Å²) in [5.41, 5.74) is 6.95. The van der Waals surface area contributed by atoms with E-state index in [9.17, 15) is 9.50 Å². The third-order valence-electron chi connectivity index (χ3n) is 2.63. The maximum atomic E-state index is 13.9. The van der Waals surface area contributed by atoms with E-state index in [2.05, 4.69) is 5.10 Å². The Labute approximate surface area is 102 Å². The van der Waals surface area contributed by atoms with Gasteiger partial charge in [0.25, 0.3) is 0 Å².